The molecule has 2 rings (SSSR count). The number of piperidine rings is 1. The molecule has 0 atom stereocenters. The highest BCUT2D eigenvalue weighted by atomic mass is 16.6. The van der Waals surface area contributed by atoms with Crippen molar-refractivity contribution in [3.05, 3.63) is 33.9 Å². The summed E-state index contributed by atoms with van der Waals surface area (Å²) in [6.07, 6.45) is 3.76. The molecule has 1 fully saturated rings. The van der Waals surface area contributed by atoms with Gasteiger partial charge in [-0.3, -0.25) is 15.0 Å². The molecule has 1 aromatic rings. The fourth-order valence-electron chi connectivity index (χ4n) is 2.34. The number of hydrogen-bond acceptors (Lipinski definition) is 4. The van der Waals surface area contributed by atoms with Gasteiger partial charge < -0.3 is 4.74 Å². The first-order chi connectivity index (χ1) is 8.70. The number of methoxy groups -OCH3 is 1. The van der Waals surface area contributed by atoms with Crippen LogP contribution in [0.1, 0.15) is 24.8 Å². The maximum Gasteiger partial charge on any atom is 0.273 e. The highest BCUT2D eigenvalue weighted by Crippen LogP contribution is 2.26. The smallest absolute Gasteiger partial charge is 0.273 e. The van der Waals surface area contributed by atoms with E-state index in [-0.39, 0.29) is 5.69 Å². The van der Waals surface area contributed by atoms with Crippen LogP contribution in [-0.2, 0) is 6.54 Å². The van der Waals surface area contributed by atoms with E-state index in [0.717, 1.165) is 25.2 Å². The molecule has 0 bridgehead atoms. The predicted molar refractivity (Wildman–Crippen MR) is 68.8 cm³/mol. The number of benzene rings is 1. The summed E-state index contributed by atoms with van der Waals surface area (Å²) in [7, 11) is 1.55. The Bertz CT molecular complexity index is 428. The Morgan fingerprint density at radius 3 is 2.67 bits per heavy atom. The van der Waals surface area contributed by atoms with Gasteiger partial charge >= 0.3 is 0 Å². The lowest BCUT2D eigenvalue weighted by atomic mass is 10.1. The second-order valence-electron chi connectivity index (χ2n) is 4.59. The third-order valence-electron chi connectivity index (χ3n) is 3.32. The fourth-order valence-corrected chi connectivity index (χ4v) is 2.34. The number of ether oxygens (including phenoxy) is 1. The van der Waals surface area contributed by atoms with Crippen molar-refractivity contribution in [3.8, 4) is 5.75 Å². The highest BCUT2D eigenvalue weighted by molar-refractivity contribution is 5.44. The van der Waals surface area contributed by atoms with Crippen molar-refractivity contribution in [1.82, 2.24) is 4.90 Å². The van der Waals surface area contributed by atoms with Crippen LogP contribution in [0, 0.1) is 10.1 Å². The van der Waals surface area contributed by atoms with Crippen LogP contribution in [0.15, 0.2) is 18.2 Å². The van der Waals surface area contributed by atoms with Gasteiger partial charge in [0.1, 0.15) is 5.75 Å². The summed E-state index contributed by atoms with van der Waals surface area (Å²) in [5.74, 6) is 0.606. The van der Waals surface area contributed by atoms with Crippen LogP contribution in [-0.4, -0.2) is 30.0 Å². The molecular weight excluding hydrogens is 232 g/mol. The molecule has 1 heterocycles. The lowest BCUT2D eigenvalue weighted by Gasteiger charge is -2.26. The monoisotopic (exact) mass is 250 g/mol. The van der Waals surface area contributed by atoms with Crippen molar-refractivity contribution in [2.24, 2.45) is 0 Å². The minimum absolute atomic E-state index is 0.0780. The molecule has 1 aromatic carbocycles. The van der Waals surface area contributed by atoms with E-state index in [0.29, 0.717) is 5.75 Å². The van der Waals surface area contributed by atoms with Crippen molar-refractivity contribution in [2.45, 2.75) is 25.8 Å². The number of nitro benzene ring substituents is 1. The van der Waals surface area contributed by atoms with E-state index in [1.54, 1.807) is 19.2 Å². The van der Waals surface area contributed by atoms with Crippen molar-refractivity contribution in [3.63, 3.8) is 0 Å². The lowest BCUT2D eigenvalue weighted by Crippen LogP contribution is -2.29. The van der Waals surface area contributed by atoms with Crippen molar-refractivity contribution >= 4 is 5.69 Å². The van der Waals surface area contributed by atoms with E-state index in [4.69, 9.17) is 4.74 Å². The second-order valence-corrected chi connectivity index (χ2v) is 4.59. The van der Waals surface area contributed by atoms with Crippen molar-refractivity contribution < 1.29 is 9.66 Å². The summed E-state index contributed by atoms with van der Waals surface area (Å²) in [5, 5.41) is 10.7. The van der Waals surface area contributed by atoms with Crippen LogP contribution < -0.4 is 4.74 Å². The van der Waals surface area contributed by atoms with Gasteiger partial charge in [-0.1, -0.05) is 6.42 Å². The van der Waals surface area contributed by atoms with Crippen LogP contribution in [0.25, 0.3) is 0 Å². The average molecular weight is 250 g/mol. The van der Waals surface area contributed by atoms with Gasteiger partial charge in [0.2, 0.25) is 0 Å². The zero-order valence-corrected chi connectivity index (χ0v) is 10.6. The summed E-state index contributed by atoms with van der Waals surface area (Å²) < 4.78 is 5.25. The topological polar surface area (TPSA) is 55.6 Å². The van der Waals surface area contributed by atoms with E-state index in [1.807, 2.05) is 0 Å². The standard InChI is InChI=1S/C13H18N2O3/c1-18-13-9-12(15(16)17)6-5-11(13)10-14-7-3-2-4-8-14/h5-6,9H,2-4,7-8,10H2,1H3. The van der Waals surface area contributed by atoms with Crippen LogP contribution in [0.5, 0.6) is 5.75 Å². The van der Waals surface area contributed by atoms with Crippen LogP contribution in [0.3, 0.4) is 0 Å². The fraction of sp³-hybridized carbons (Fsp3) is 0.538. The zero-order valence-electron chi connectivity index (χ0n) is 10.6. The Morgan fingerprint density at radius 1 is 1.33 bits per heavy atom. The minimum Gasteiger partial charge on any atom is -0.496 e. The number of non-ortho nitro benzene ring substituents is 1. The summed E-state index contributed by atoms with van der Waals surface area (Å²) in [6, 6.07) is 4.84. The van der Waals surface area contributed by atoms with E-state index < -0.39 is 4.92 Å². The molecule has 0 N–H and O–H groups in total. The molecule has 0 amide bonds. The first-order valence-electron chi connectivity index (χ1n) is 6.24. The molecule has 0 radical (unpaired) electrons. The molecule has 18 heavy (non-hydrogen) atoms. The largest absolute Gasteiger partial charge is 0.496 e. The van der Waals surface area contributed by atoms with Gasteiger partial charge in [-0.05, 0) is 32.0 Å². The first-order valence-corrected chi connectivity index (χ1v) is 6.24. The van der Waals surface area contributed by atoms with Gasteiger partial charge in [0.25, 0.3) is 5.69 Å². The molecule has 1 saturated heterocycles. The number of nitrogens with zero attached hydrogens (tertiary/aromatic N) is 2. The molecule has 1 aliphatic rings. The van der Waals surface area contributed by atoms with Gasteiger partial charge in [-0.2, -0.15) is 0 Å². The molecular formula is C13H18N2O3. The zero-order chi connectivity index (χ0) is 13.0. The maximum absolute atomic E-state index is 10.7. The van der Waals surface area contributed by atoms with Gasteiger partial charge in [0, 0.05) is 18.2 Å². The van der Waals surface area contributed by atoms with Crippen molar-refractivity contribution in [1.29, 1.82) is 0 Å². The highest BCUT2D eigenvalue weighted by Gasteiger charge is 2.15. The Hall–Kier alpha value is -1.62. The Morgan fingerprint density at radius 2 is 2.06 bits per heavy atom. The second kappa shape index (κ2) is 5.82. The molecule has 0 aliphatic carbocycles. The third-order valence-corrected chi connectivity index (χ3v) is 3.32. The molecule has 0 unspecified atom stereocenters. The number of nitro groups is 1. The van der Waals surface area contributed by atoms with Gasteiger partial charge in [0.15, 0.2) is 0 Å². The number of likely N-dealkylation sites (tertiary alicyclic amines) is 1. The minimum atomic E-state index is -0.396. The van der Waals surface area contributed by atoms with E-state index in [2.05, 4.69) is 4.90 Å². The average Bonchev–Trinajstić information content (AvgIpc) is 2.40. The molecule has 98 valence electrons. The van der Waals surface area contributed by atoms with E-state index >= 15 is 0 Å². The van der Waals surface area contributed by atoms with Crippen molar-refractivity contribution in [2.75, 3.05) is 20.2 Å². The summed E-state index contributed by atoms with van der Waals surface area (Å²) in [5.41, 5.74) is 1.10. The Labute approximate surface area is 107 Å². The molecule has 5 heteroatoms. The van der Waals surface area contributed by atoms with E-state index in [1.165, 1.54) is 25.3 Å². The number of rotatable bonds is 4. The molecule has 0 saturated carbocycles. The summed E-state index contributed by atoms with van der Waals surface area (Å²) in [6.45, 7) is 3.00. The molecule has 0 spiro atoms. The quantitative estimate of drug-likeness (QED) is 0.608. The van der Waals surface area contributed by atoms with Crippen LogP contribution >= 0.6 is 0 Å². The first kappa shape index (κ1) is 12.8. The number of hydrogen-bond donors (Lipinski definition) is 0. The lowest BCUT2D eigenvalue weighted by molar-refractivity contribution is -0.384. The SMILES string of the molecule is COc1cc([N+](=O)[O-])ccc1CN1CCCCC1. The maximum atomic E-state index is 10.7. The van der Waals surface area contributed by atoms with Gasteiger partial charge in [0.05, 0.1) is 18.1 Å². The molecule has 5 nitrogen and oxygen atoms in total. The Balaban J connectivity index is 2.13. The van der Waals surface area contributed by atoms with Crippen LogP contribution in [0.2, 0.25) is 0 Å². The molecule has 1 aliphatic heterocycles. The summed E-state index contributed by atoms with van der Waals surface area (Å²) in [4.78, 5) is 12.7. The predicted octanol–water partition coefficient (Wildman–Crippen LogP) is 2.59. The Kier molecular flexibility index (Phi) is 4.15. The normalized spacial score (nSPS) is 16.5. The van der Waals surface area contributed by atoms with Gasteiger partial charge in [-0.15, -0.1) is 0 Å². The van der Waals surface area contributed by atoms with E-state index in [9.17, 15) is 10.1 Å². The summed E-state index contributed by atoms with van der Waals surface area (Å²) >= 11 is 0. The van der Waals surface area contributed by atoms with Crippen LogP contribution in [0.4, 0.5) is 5.69 Å². The van der Waals surface area contributed by atoms with Gasteiger partial charge in [-0.25, -0.2) is 0 Å². The molecule has 0 aromatic heterocycles. The third kappa shape index (κ3) is 2.98.